The molecule has 106 valence electrons. The summed E-state index contributed by atoms with van der Waals surface area (Å²) in [6.07, 6.45) is 4.54. The van der Waals surface area contributed by atoms with Gasteiger partial charge in [0.05, 0.1) is 25.1 Å². The molecule has 0 amide bonds. The third-order valence-electron chi connectivity index (χ3n) is 3.72. The molecular weight excluding hydrogens is 247 g/mol. The van der Waals surface area contributed by atoms with Gasteiger partial charge in [-0.2, -0.15) is 0 Å². The lowest BCUT2D eigenvalue weighted by Gasteiger charge is -2.31. The van der Waals surface area contributed by atoms with Crippen molar-refractivity contribution in [2.45, 2.75) is 31.7 Å². The molecule has 0 heterocycles. The second kappa shape index (κ2) is 6.10. The molecule has 0 saturated heterocycles. The minimum Gasteiger partial charge on any atom is -0.494 e. The summed E-state index contributed by atoms with van der Waals surface area (Å²) >= 11 is 0. The topological polar surface area (TPSA) is 58.7 Å². The highest BCUT2D eigenvalue weighted by atomic mass is 19.1. The molecule has 3 N–H and O–H groups in total. The Morgan fingerprint density at radius 2 is 2.11 bits per heavy atom. The molecule has 5 heteroatoms. The van der Waals surface area contributed by atoms with Gasteiger partial charge in [0.15, 0.2) is 11.6 Å². The summed E-state index contributed by atoms with van der Waals surface area (Å²) in [5.41, 5.74) is 7.06. The van der Waals surface area contributed by atoms with Gasteiger partial charge in [-0.25, -0.2) is 4.39 Å². The largest absolute Gasteiger partial charge is 0.494 e. The van der Waals surface area contributed by atoms with E-state index < -0.39 is 5.82 Å². The Bertz CT molecular complexity index is 434. The number of hydrogen-bond donors (Lipinski definition) is 2. The quantitative estimate of drug-likeness (QED) is 0.803. The van der Waals surface area contributed by atoms with Crippen LogP contribution >= 0.6 is 0 Å². The van der Waals surface area contributed by atoms with Crippen LogP contribution in [0.15, 0.2) is 12.1 Å². The number of nitrogens with two attached hydrogens (primary N) is 1. The number of anilines is 2. The Morgan fingerprint density at radius 1 is 1.42 bits per heavy atom. The lowest BCUT2D eigenvalue weighted by atomic mass is 10.1. The third kappa shape index (κ3) is 2.92. The lowest BCUT2D eigenvalue weighted by Crippen LogP contribution is -2.36. The third-order valence-corrected chi connectivity index (χ3v) is 3.72. The normalized spacial score (nSPS) is 15.7. The van der Waals surface area contributed by atoms with Crippen LogP contribution in [-0.2, 0) is 0 Å². The van der Waals surface area contributed by atoms with Crippen molar-refractivity contribution in [3.63, 3.8) is 0 Å². The second-order valence-corrected chi connectivity index (χ2v) is 4.90. The first-order valence-corrected chi connectivity index (χ1v) is 6.68. The zero-order valence-corrected chi connectivity index (χ0v) is 11.2. The Labute approximate surface area is 113 Å². The van der Waals surface area contributed by atoms with Gasteiger partial charge in [-0.3, -0.25) is 0 Å². The summed E-state index contributed by atoms with van der Waals surface area (Å²) < 4.78 is 18.6. The van der Waals surface area contributed by atoms with Crippen LogP contribution in [0.4, 0.5) is 15.8 Å². The van der Waals surface area contributed by atoms with Gasteiger partial charge in [-0.05, 0) is 12.8 Å². The van der Waals surface area contributed by atoms with Gasteiger partial charge in [0.25, 0.3) is 0 Å². The van der Waals surface area contributed by atoms with Gasteiger partial charge in [0, 0.05) is 24.7 Å². The molecule has 0 spiro atoms. The predicted octanol–water partition coefficient (Wildman–Crippen LogP) is 2.16. The Balaban J connectivity index is 2.34. The number of benzene rings is 1. The molecule has 1 fully saturated rings. The Morgan fingerprint density at radius 3 is 2.68 bits per heavy atom. The smallest absolute Gasteiger partial charge is 0.167 e. The minimum absolute atomic E-state index is 0.0512. The molecule has 19 heavy (non-hydrogen) atoms. The first kappa shape index (κ1) is 13.9. The molecule has 0 atom stereocenters. The zero-order chi connectivity index (χ0) is 13.8. The molecule has 1 aliphatic carbocycles. The number of aliphatic hydroxyl groups excluding tert-OH is 1. The van der Waals surface area contributed by atoms with E-state index in [4.69, 9.17) is 10.5 Å². The first-order valence-electron chi connectivity index (χ1n) is 6.68. The van der Waals surface area contributed by atoms with Crippen molar-refractivity contribution in [3.05, 3.63) is 17.9 Å². The summed E-state index contributed by atoms with van der Waals surface area (Å²) in [4.78, 5) is 2.07. The predicted molar refractivity (Wildman–Crippen MR) is 74.1 cm³/mol. The van der Waals surface area contributed by atoms with Gasteiger partial charge in [-0.15, -0.1) is 0 Å². The molecule has 1 aromatic carbocycles. The number of hydrogen-bond acceptors (Lipinski definition) is 4. The number of ether oxygens (including phenoxy) is 1. The van der Waals surface area contributed by atoms with E-state index in [-0.39, 0.29) is 12.4 Å². The molecule has 0 aromatic heterocycles. The fourth-order valence-electron chi connectivity index (χ4n) is 2.79. The van der Waals surface area contributed by atoms with E-state index in [1.165, 1.54) is 26.0 Å². The fourth-order valence-corrected chi connectivity index (χ4v) is 2.79. The van der Waals surface area contributed by atoms with E-state index in [9.17, 15) is 9.50 Å². The minimum atomic E-state index is -0.459. The summed E-state index contributed by atoms with van der Waals surface area (Å²) in [6, 6.07) is 3.27. The van der Waals surface area contributed by atoms with Crippen LogP contribution < -0.4 is 15.4 Å². The van der Waals surface area contributed by atoms with Crippen LogP contribution in [0.3, 0.4) is 0 Å². The van der Waals surface area contributed by atoms with Gasteiger partial charge in [0.2, 0.25) is 0 Å². The summed E-state index contributed by atoms with van der Waals surface area (Å²) in [5, 5.41) is 9.24. The number of nitrogens with zero attached hydrogens (tertiary/aromatic N) is 1. The molecule has 0 aliphatic heterocycles. The van der Waals surface area contributed by atoms with Gasteiger partial charge in [0.1, 0.15) is 0 Å². The van der Waals surface area contributed by atoms with Crippen molar-refractivity contribution in [3.8, 4) is 5.75 Å². The maximum Gasteiger partial charge on any atom is 0.167 e. The van der Waals surface area contributed by atoms with Crippen molar-refractivity contribution in [2.75, 3.05) is 30.9 Å². The van der Waals surface area contributed by atoms with E-state index in [1.54, 1.807) is 6.07 Å². The number of halogens is 1. The molecule has 0 bridgehead atoms. The summed E-state index contributed by atoms with van der Waals surface area (Å²) in [6.45, 7) is 0.555. The molecule has 1 aliphatic rings. The van der Waals surface area contributed by atoms with Gasteiger partial charge in [-0.1, -0.05) is 12.8 Å². The monoisotopic (exact) mass is 268 g/mol. The van der Waals surface area contributed by atoms with Crippen LogP contribution in [0, 0.1) is 5.82 Å². The number of methoxy groups -OCH3 is 1. The molecule has 1 saturated carbocycles. The first-order chi connectivity index (χ1) is 9.17. The standard InChI is InChI=1S/C14H21FN2O2/c1-19-14-9-13(12(16)8-11(14)15)17(6-7-18)10-4-2-3-5-10/h8-10,18H,2-7,16H2,1H3. The molecule has 2 rings (SSSR count). The maximum absolute atomic E-state index is 13.6. The number of aliphatic hydroxyl groups is 1. The molecule has 0 unspecified atom stereocenters. The molecule has 4 nitrogen and oxygen atoms in total. The molecular formula is C14H21FN2O2. The summed E-state index contributed by atoms with van der Waals surface area (Å²) in [7, 11) is 1.43. The van der Waals surface area contributed by atoms with E-state index in [1.807, 2.05) is 0 Å². The average molecular weight is 268 g/mol. The van der Waals surface area contributed by atoms with E-state index in [0.29, 0.717) is 18.3 Å². The second-order valence-electron chi connectivity index (χ2n) is 4.90. The highest BCUT2D eigenvalue weighted by molar-refractivity contribution is 5.70. The Hall–Kier alpha value is -1.49. The lowest BCUT2D eigenvalue weighted by molar-refractivity contribution is 0.297. The molecule has 1 aromatic rings. The van der Waals surface area contributed by atoms with Crippen LogP contribution in [0.25, 0.3) is 0 Å². The SMILES string of the molecule is COc1cc(N(CCO)C2CCCC2)c(N)cc1F. The maximum atomic E-state index is 13.6. The van der Waals surface area contributed by atoms with E-state index in [0.717, 1.165) is 18.5 Å². The van der Waals surface area contributed by atoms with Crippen LogP contribution in [-0.4, -0.2) is 31.4 Å². The van der Waals surface area contributed by atoms with Crippen LogP contribution in [0.2, 0.25) is 0 Å². The Kier molecular flexibility index (Phi) is 4.47. The van der Waals surface area contributed by atoms with Crippen molar-refractivity contribution in [1.29, 1.82) is 0 Å². The van der Waals surface area contributed by atoms with E-state index >= 15 is 0 Å². The van der Waals surface area contributed by atoms with Crippen molar-refractivity contribution in [1.82, 2.24) is 0 Å². The van der Waals surface area contributed by atoms with Crippen LogP contribution in [0.1, 0.15) is 25.7 Å². The average Bonchev–Trinajstić information content (AvgIpc) is 2.90. The summed E-state index contributed by atoms with van der Waals surface area (Å²) in [5.74, 6) is -0.274. The van der Waals surface area contributed by atoms with Gasteiger partial charge < -0.3 is 20.5 Å². The van der Waals surface area contributed by atoms with E-state index in [2.05, 4.69) is 4.90 Å². The van der Waals surface area contributed by atoms with Crippen molar-refractivity contribution >= 4 is 11.4 Å². The zero-order valence-electron chi connectivity index (χ0n) is 11.2. The van der Waals surface area contributed by atoms with Gasteiger partial charge >= 0.3 is 0 Å². The number of rotatable bonds is 5. The highest BCUT2D eigenvalue weighted by Crippen LogP contribution is 2.35. The van der Waals surface area contributed by atoms with Crippen LogP contribution in [0.5, 0.6) is 5.75 Å². The fraction of sp³-hybridized carbons (Fsp3) is 0.571. The number of nitrogen functional groups attached to an aromatic ring is 1. The van der Waals surface area contributed by atoms with Crippen molar-refractivity contribution < 1.29 is 14.2 Å². The molecule has 0 radical (unpaired) electrons. The highest BCUT2D eigenvalue weighted by Gasteiger charge is 2.25. The van der Waals surface area contributed by atoms with Crippen molar-refractivity contribution in [2.24, 2.45) is 0 Å².